The van der Waals surface area contributed by atoms with E-state index in [1.54, 1.807) is 52.0 Å². The number of allylic oxidation sites excluding steroid dienone is 4. The van der Waals surface area contributed by atoms with Crippen molar-refractivity contribution in [2.24, 2.45) is 22.2 Å². The molecule has 9 N–H and O–H groups in total. The third-order valence-electron chi connectivity index (χ3n) is 10.8. The molecule has 3 aliphatic rings. The third-order valence-corrected chi connectivity index (χ3v) is 11.1. The molecule has 3 amide bonds. The monoisotopic (exact) mass is 835 g/mol. The van der Waals surface area contributed by atoms with Crippen molar-refractivity contribution < 1.29 is 49.1 Å². The van der Waals surface area contributed by atoms with Gasteiger partial charge in [0, 0.05) is 59.1 Å². The van der Waals surface area contributed by atoms with E-state index in [1.165, 1.54) is 19.1 Å². The second-order valence-electron chi connectivity index (χ2n) is 16.5. The van der Waals surface area contributed by atoms with Gasteiger partial charge in [-0.2, -0.15) is 0 Å². The lowest BCUT2D eigenvalue weighted by molar-refractivity contribution is -0.144. The van der Waals surface area contributed by atoms with Crippen LogP contribution in [0.3, 0.4) is 0 Å². The van der Waals surface area contributed by atoms with Crippen LogP contribution in [0.1, 0.15) is 78.4 Å². The van der Waals surface area contributed by atoms with Crippen LogP contribution >= 0.6 is 12.2 Å². The molecule has 0 bridgehead atoms. The summed E-state index contributed by atoms with van der Waals surface area (Å²) >= 11 is 5.54. The molecule has 0 spiro atoms. The van der Waals surface area contributed by atoms with Gasteiger partial charge in [-0.3, -0.25) is 24.0 Å². The van der Waals surface area contributed by atoms with Gasteiger partial charge in [0.15, 0.2) is 10.9 Å². The van der Waals surface area contributed by atoms with Crippen molar-refractivity contribution in [3.8, 4) is 0 Å². The highest BCUT2D eigenvalue weighted by molar-refractivity contribution is 7.80. The zero-order valence-electron chi connectivity index (χ0n) is 34.4. The highest BCUT2D eigenvalue weighted by Crippen LogP contribution is 2.46. The zero-order valence-corrected chi connectivity index (χ0v) is 35.3. The SMILES string of the molecule is CCC(C)(CC(C)(CC(C)(C)C(=O)NCC(=O)O)C(=O)NCC(C)O)C(=O)NCCCNC(=S)Nc1ccc(C2=C3C=CC(=O)C=C3OC3C=C(O)C=CC23)c(CO)c1. The minimum absolute atomic E-state index is 0.00378. The Morgan fingerprint density at radius 3 is 2.29 bits per heavy atom. The van der Waals surface area contributed by atoms with Crippen LogP contribution in [0.25, 0.3) is 5.57 Å². The van der Waals surface area contributed by atoms with Crippen LogP contribution in [-0.4, -0.2) is 93.4 Å². The molecule has 1 aromatic carbocycles. The quantitative estimate of drug-likeness (QED) is 0.0716. The number of carboxylic acid groups (broad SMARTS) is 1. The summed E-state index contributed by atoms with van der Waals surface area (Å²) in [5, 5.41) is 54.2. The predicted octanol–water partition coefficient (Wildman–Crippen LogP) is 3.70. The van der Waals surface area contributed by atoms with E-state index in [0.29, 0.717) is 48.1 Å². The minimum atomic E-state index is -1.25. The molecule has 0 saturated heterocycles. The molecule has 4 rings (SSSR count). The standard InChI is InChI=1S/C43H57N5O10S/c1-7-42(5,24-43(6,39(57)46-20-25(2)50)23-41(3,4)37(55)47-21-35(53)54)38(56)44-15-8-16-45-40(59)48-27-9-12-30(26(17-27)22-49)36-31-13-10-28(51)18-33(31)58-34-19-29(52)11-14-32(34)36/h9-14,17-19,25,31,33,49-51H,7-8,15-16,20-24H2,1-6H3,(H,44,56)(H,46,57)(H,47,55)(H,53,54)(H2,45,48,59). The first-order chi connectivity index (χ1) is 27.7. The molecular formula is C43H57N5O10S. The lowest BCUT2D eigenvalue weighted by Gasteiger charge is -2.41. The average Bonchev–Trinajstić information content (AvgIpc) is 3.17. The van der Waals surface area contributed by atoms with E-state index in [2.05, 4.69) is 26.6 Å². The second kappa shape index (κ2) is 19.6. The normalized spacial score (nSPS) is 19.6. The van der Waals surface area contributed by atoms with Gasteiger partial charge in [0.25, 0.3) is 0 Å². The number of hydrogen-bond acceptors (Lipinski definition) is 10. The Morgan fingerprint density at radius 1 is 0.932 bits per heavy atom. The van der Waals surface area contributed by atoms with Crippen LogP contribution in [0, 0.1) is 22.2 Å². The van der Waals surface area contributed by atoms with Gasteiger partial charge in [0.2, 0.25) is 17.7 Å². The molecule has 1 aromatic rings. The largest absolute Gasteiger partial charge is 0.508 e. The van der Waals surface area contributed by atoms with E-state index in [4.69, 9.17) is 22.1 Å². The Balaban J connectivity index is 1.37. The number of carboxylic acids is 1. The van der Waals surface area contributed by atoms with Crippen LogP contribution in [0.15, 0.2) is 71.7 Å². The number of amides is 3. The van der Waals surface area contributed by atoms with Gasteiger partial charge in [0.05, 0.1) is 12.7 Å². The maximum absolute atomic E-state index is 13.7. The number of ketones is 1. The van der Waals surface area contributed by atoms with E-state index in [9.17, 15) is 39.3 Å². The first kappa shape index (κ1) is 46.4. The van der Waals surface area contributed by atoms with Crippen LogP contribution in [0.4, 0.5) is 5.69 Å². The molecule has 2 aliphatic carbocycles. The maximum Gasteiger partial charge on any atom is 0.322 e. The highest BCUT2D eigenvalue weighted by Gasteiger charge is 2.48. The fraction of sp³-hybridized carbons (Fsp3) is 0.488. The number of benzene rings is 1. The van der Waals surface area contributed by atoms with Crippen LogP contribution in [-0.2, 0) is 35.3 Å². The highest BCUT2D eigenvalue weighted by atomic mass is 32.1. The number of nitrogens with one attached hydrogen (secondary N) is 5. The molecule has 0 radical (unpaired) electrons. The molecule has 1 aliphatic heterocycles. The van der Waals surface area contributed by atoms with Gasteiger partial charge >= 0.3 is 5.97 Å². The van der Waals surface area contributed by atoms with Crippen molar-refractivity contribution in [1.82, 2.24) is 21.3 Å². The van der Waals surface area contributed by atoms with Crippen molar-refractivity contribution >= 4 is 58.1 Å². The van der Waals surface area contributed by atoms with Crippen molar-refractivity contribution in [3.63, 3.8) is 0 Å². The van der Waals surface area contributed by atoms with E-state index in [-0.39, 0.29) is 49.4 Å². The number of fused-ring (bicyclic) bond motifs is 2. The van der Waals surface area contributed by atoms with E-state index in [0.717, 1.165) is 16.7 Å². The van der Waals surface area contributed by atoms with Gasteiger partial charge in [0.1, 0.15) is 24.2 Å². The Morgan fingerprint density at radius 2 is 1.63 bits per heavy atom. The third kappa shape index (κ3) is 11.9. The number of carbonyl (C=O) groups is 5. The van der Waals surface area contributed by atoms with Crippen LogP contribution in [0.2, 0.25) is 0 Å². The summed E-state index contributed by atoms with van der Waals surface area (Å²) in [7, 11) is 0. The van der Waals surface area contributed by atoms with Gasteiger partial charge in [-0.25, -0.2) is 0 Å². The lowest BCUT2D eigenvalue weighted by atomic mass is 9.64. The first-order valence-electron chi connectivity index (χ1n) is 19.7. The van der Waals surface area contributed by atoms with Gasteiger partial charge in [-0.15, -0.1) is 0 Å². The maximum atomic E-state index is 13.7. The number of aliphatic hydroxyl groups is 3. The molecule has 5 unspecified atom stereocenters. The van der Waals surface area contributed by atoms with Crippen molar-refractivity contribution in [3.05, 3.63) is 82.9 Å². The molecule has 15 nitrogen and oxygen atoms in total. The number of anilines is 1. The van der Waals surface area contributed by atoms with E-state index >= 15 is 0 Å². The van der Waals surface area contributed by atoms with Gasteiger partial charge in [-0.1, -0.05) is 46.8 Å². The van der Waals surface area contributed by atoms with Gasteiger partial charge < -0.3 is 51.7 Å². The molecule has 5 atom stereocenters. The first-order valence-corrected chi connectivity index (χ1v) is 20.1. The molecule has 0 aromatic heterocycles. The molecule has 1 heterocycles. The molecular weight excluding hydrogens is 779 g/mol. The van der Waals surface area contributed by atoms with Crippen molar-refractivity contribution in [2.45, 2.75) is 86.0 Å². The summed E-state index contributed by atoms with van der Waals surface area (Å²) in [6.45, 7) is 9.87. The molecule has 59 heavy (non-hydrogen) atoms. The second-order valence-corrected chi connectivity index (χ2v) is 16.9. The molecule has 0 fully saturated rings. The van der Waals surface area contributed by atoms with Crippen molar-refractivity contribution in [1.29, 1.82) is 0 Å². The molecule has 320 valence electrons. The number of aliphatic carboxylic acids is 1. The fourth-order valence-corrected chi connectivity index (χ4v) is 8.00. The Labute approximate surface area is 350 Å². The number of hydrogen-bond donors (Lipinski definition) is 9. The number of carbonyl (C=O) groups excluding carboxylic acids is 4. The minimum Gasteiger partial charge on any atom is -0.508 e. The summed E-state index contributed by atoms with van der Waals surface area (Å²) in [4.78, 5) is 63.6. The van der Waals surface area contributed by atoms with E-state index in [1.807, 2.05) is 25.1 Å². The summed E-state index contributed by atoms with van der Waals surface area (Å²) in [5.41, 5.74) is 0.124. The number of ether oxygens (including phenoxy) is 1. The topological polar surface area (TPSA) is 236 Å². The molecule has 16 heteroatoms. The lowest BCUT2D eigenvalue weighted by Crippen LogP contribution is -2.51. The van der Waals surface area contributed by atoms with Crippen LogP contribution < -0.4 is 26.6 Å². The van der Waals surface area contributed by atoms with Crippen molar-refractivity contribution in [2.75, 3.05) is 31.5 Å². The number of rotatable bonds is 19. The average molecular weight is 836 g/mol. The Kier molecular flexibility index (Phi) is 15.4. The Bertz CT molecular complexity index is 1980. The zero-order chi connectivity index (χ0) is 43.7. The van der Waals surface area contributed by atoms with Crippen LogP contribution in [0.5, 0.6) is 0 Å². The summed E-state index contributed by atoms with van der Waals surface area (Å²) in [6, 6.07) is 5.48. The number of thiocarbonyl (C=S) groups is 1. The smallest absolute Gasteiger partial charge is 0.322 e. The van der Waals surface area contributed by atoms with Gasteiger partial charge in [-0.05, 0) is 98.0 Å². The fourth-order valence-electron chi connectivity index (χ4n) is 7.78. The predicted molar refractivity (Wildman–Crippen MR) is 226 cm³/mol. The number of aliphatic hydroxyl groups excluding tert-OH is 3. The Hall–Kier alpha value is -5.32. The summed E-state index contributed by atoms with van der Waals surface area (Å²) < 4.78 is 6.08. The summed E-state index contributed by atoms with van der Waals surface area (Å²) in [5.74, 6) is -2.48. The van der Waals surface area contributed by atoms with E-state index < -0.39 is 52.8 Å². The summed E-state index contributed by atoms with van der Waals surface area (Å²) in [6.07, 6.45) is 9.23. The molecule has 0 saturated carbocycles.